The maximum Gasteiger partial charge on any atom is 0.200 e. The lowest BCUT2D eigenvalue weighted by Gasteiger charge is -2.18. The molecule has 0 fully saturated rings. The first kappa shape index (κ1) is 20.1. The first-order valence-electron chi connectivity index (χ1n) is 8.10. The number of aliphatic hydroxyl groups excluding tert-OH is 1. The monoisotopic (exact) mass is 382 g/mol. The summed E-state index contributed by atoms with van der Waals surface area (Å²) in [6.45, 7) is 5.08. The van der Waals surface area contributed by atoms with Crippen molar-refractivity contribution in [1.82, 2.24) is 4.98 Å². The molecule has 26 heavy (non-hydrogen) atoms. The maximum absolute atomic E-state index is 12.8. The van der Waals surface area contributed by atoms with Crippen molar-refractivity contribution in [3.05, 3.63) is 48.4 Å². The highest BCUT2D eigenvalue weighted by Gasteiger charge is 2.31. The highest BCUT2D eigenvalue weighted by Crippen LogP contribution is 2.23. The van der Waals surface area contributed by atoms with Gasteiger partial charge >= 0.3 is 0 Å². The molecule has 142 valence electrons. The Morgan fingerprint density at radius 2 is 1.85 bits per heavy atom. The lowest BCUT2D eigenvalue weighted by atomic mass is 10.3. The number of ether oxygens (including phenoxy) is 1. The second kappa shape index (κ2) is 8.01. The molecule has 0 spiro atoms. The van der Waals surface area contributed by atoms with Crippen molar-refractivity contribution in [3.8, 4) is 5.75 Å². The van der Waals surface area contributed by atoms with Crippen LogP contribution >= 0.6 is 0 Å². The van der Waals surface area contributed by atoms with Crippen LogP contribution in [0.4, 0.5) is 10.1 Å². The summed E-state index contributed by atoms with van der Waals surface area (Å²) in [5, 5.41) is 12.9. The van der Waals surface area contributed by atoms with Crippen LogP contribution in [0.1, 0.15) is 20.8 Å². The molecule has 0 aliphatic rings. The highest BCUT2D eigenvalue weighted by molar-refractivity contribution is 7.92. The molecule has 0 radical (unpaired) electrons. The van der Waals surface area contributed by atoms with Crippen molar-refractivity contribution in [1.29, 1.82) is 0 Å². The Morgan fingerprint density at radius 1 is 1.19 bits per heavy atom. The average molecular weight is 382 g/mol. The lowest BCUT2D eigenvalue weighted by Crippen LogP contribution is -2.29. The Bertz CT molecular complexity index is 816. The Morgan fingerprint density at radius 3 is 2.38 bits per heavy atom. The number of hydrogen-bond acceptors (Lipinski definition) is 6. The van der Waals surface area contributed by atoms with Gasteiger partial charge in [0.05, 0.1) is 16.6 Å². The number of hydrogen-bond donors (Lipinski definition) is 2. The van der Waals surface area contributed by atoms with Crippen LogP contribution in [0.5, 0.6) is 5.75 Å². The highest BCUT2D eigenvalue weighted by atomic mass is 32.2. The van der Waals surface area contributed by atoms with Crippen molar-refractivity contribution in [3.63, 3.8) is 0 Å². The van der Waals surface area contributed by atoms with Crippen molar-refractivity contribution in [2.45, 2.75) is 36.6 Å². The van der Waals surface area contributed by atoms with Crippen LogP contribution in [0.2, 0.25) is 0 Å². The topological polar surface area (TPSA) is 88.5 Å². The Labute approximate surface area is 153 Å². The number of pyridine rings is 1. The van der Waals surface area contributed by atoms with Crippen LogP contribution < -0.4 is 10.1 Å². The van der Waals surface area contributed by atoms with E-state index in [2.05, 4.69) is 10.3 Å². The molecule has 0 aliphatic heterocycles. The van der Waals surface area contributed by atoms with Gasteiger partial charge in [-0.1, -0.05) is 0 Å². The molecule has 8 heteroatoms. The van der Waals surface area contributed by atoms with E-state index >= 15 is 0 Å². The SMILES string of the molecule is CC(C)(C)S(=O)(=O)c1ccc(NCC(O)COc2ccc(F)cc2)cn1. The Balaban J connectivity index is 1.86. The largest absolute Gasteiger partial charge is 0.491 e. The van der Waals surface area contributed by atoms with E-state index in [1.54, 1.807) is 26.8 Å². The van der Waals surface area contributed by atoms with E-state index in [0.29, 0.717) is 11.4 Å². The van der Waals surface area contributed by atoms with Crippen LogP contribution in [0.3, 0.4) is 0 Å². The van der Waals surface area contributed by atoms with Crippen molar-refractivity contribution in [2.75, 3.05) is 18.5 Å². The lowest BCUT2D eigenvalue weighted by molar-refractivity contribution is 0.117. The van der Waals surface area contributed by atoms with E-state index in [1.807, 2.05) is 0 Å². The van der Waals surface area contributed by atoms with Gasteiger partial charge < -0.3 is 15.2 Å². The first-order valence-corrected chi connectivity index (χ1v) is 9.59. The molecular weight excluding hydrogens is 359 g/mol. The fourth-order valence-corrected chi connectivity index (χ4v) is 3.04. The minimum absolute atomic E-state index is 0.00995. The van der Waals surface area contributed by atoms with Crippen LogP contribution in [0.25, 0.3) is 0 Å². The molecule has 0 bridgehead atoms. The van der Waals surface area contributed by atoms with Gasteiger partial charge in [0.25, 0.3) is 0 Å². The molecular formula is C18H23FN2O4S. The number of halogens is 1. The van der Waals surface area contributed by atoms with Gasteiger partial charge in [0.15, 0.2) is 14.9 Å². The average Bonchev–Trinajstić information content (AvgIpc) is 2.59. The molecule has 6 nitrogen and oxygen atoms in total. The van der Waals surface area contributed by atoms with Crippen LogP contribution in [-0.4, -0.2) is 42.5 Å². The van der Waals surface area contributed by atoms with Crippen molar-refractivity contribution >= 4 is 15.5 Å². The number of sulfone groups is 1. The molecule has 1 heterocycles. The van der Waals surface area contributed by atoms with Gasteiger partial charge in [0.1, 0.15) is 24.3 Å². The van der Waals surface area contributed by atoms with Crippen molar-refractivity contribution < 1.29 is 22.7 Å². The summed E-state index contributed by atoms with van der Waals surface area (Å²) in [7, 11) is -3.50. The molecule has 2 rings (SSSR count). The van der Waals surface area contributed by atoms with Crippen LogP contribution in [-0.2, 0) is 9.84 Å². The van der Waals surface area contributed by atoms with E-state index in [0.717, 1.165) is 0 Å². The minimum atomic E-state index is -3.50. The van der Waals surface area contributed by atoms with Gasteiger partial charge in [-0.2, -0.15) is 0 Å². The second-order valence-corrected chi connectivity index (χ2v) is 9.45. The van der Waals surface area contributed by atoms with E-state index in [1.165, 1.54) is 36.5 Å². The predicted octanol–water partition coefficient (Wildman–Crippen LogP) is 2.64. The summed E-state index contributed by atoms with van der Waals surface area (Å²) in [5.74, 6) is 0.104. The van der Waals surface area contributed by atoms with Gasteiger partial charge in [0.2, 0.25) is 0 Å². The van der Waals surface area contributed by atoms with Crippen LogP contribution in [0.15, 0.2) is 47.6 Å². The van der Waals surface area contributed by atoms with Gasteiger partial charge in [0, 0.05) is 6.54 Å². The molecule has 0 saturated carbocycles. The quantitative estimate of drug-likeness (QED) is 0.765. The van der Waals surface area contributed by atoms with Gasteiger partial charge in [-0.3, -0.25) is 0 Å². The third kappa shape index (κ3) is 5.15. The van der Waals surface area contributed by atoms with Gasteiger partial charge in [-0.15, -0.1) is 0 Å². The van der Waals surface area contributed by atoms with E-state index < -0.39 is 20.7 Å². The molecule has 0 amide bonds. The molecule has 1 unspecified atom stereocenters. The van der Waals surface area contributed by atoms with E-state index in [4.69, 9.17) is 4.74 Å². The number of nitrogens with one attached hydrogen (secondary N) is 1. The normalized spacial score (nSPS) is 13.3. The zero-order valence-corrected chi connectivity index (χ0v) is 15.8. The predicted molar refractivity (Wildman–Crippen MR) is 97.6 cm³/mol. The smallest absolute Gasteiger partial charge is 0.200 e. The molecule has 0 aliphatic carbocycles. The minimum Gasteiger partial charge on any atom is -0.491 e. The Hall–Kier alpha value is -2.19. The standard InChI is InChI=1S/C18H23FN2O4S/c1-18(2,3)26(23,24)17-9-6-14(10-21-17)20-11-15(22)12-25-16-7-4-13(19)5-8-16/h4-10,15,20,22H,11-12H2,1-3H3. The number of aliphatic hydroxyl groups is 1. The molecule has 2 aromatic rings. The first-order chi connectivity index (χ1) is 12.1. The fourth-order valence-electron chi connectivity index (χ4n) is 1.98. The molecule has 2 N–H and O–H groups in total. The number of benzene rings is 1. The number of anilines is 1. The third-order valence-electron chi connectivity index (χ3n) is 3.62. The molecule has 1 aromatic heterocycles. The molecule has 1 aromatic carbocycles. The zero-order valence-electron chi connectivity index (χ0n) is 14.9. The third-order valence-corrected chi connectivity index (χ3v) is 6.02. The van der Waals surface area contributed by atoms with Gasteiger partial charge in [-0.25, -0.2) is 17.8 Å². The second-order valence-electron chi connectivity index (χ2n) is 6.80. The summed E-state index contributed by atoms with van der Waals surface area (Å²) in [4.78, 5) is 4.00. The zero-order chi connectivity index (χ0) is 19.4. The Kier molecular flexibility index (Phi) is 6.20. The maximum atomic E-state index is 12.8. The number of rotatable bonds is 7. The summed E-state index contributed by atoms with van der Waals surface area (Å²) in [5.41, 5.74) is 0.582. The number of nitrogens with zero attached hydrogens (tertiary/aromatic N) is 1. The van der Waals surface area contributed by atoms with Gasteiger partial charge in [-0.05, 0) is 57.2 Å². The van der Waals surface area contributed by atoms with Crippen molar-refractivity contribution in [2.24, 2.45) is 0 Å². The summed E-state index contributed by atoms with van der Waals surface area (Å²) < 4.78 is 41.9. The summed E-state index contributed by atoms with van der Waals surface area (Å²) >= 11 is 0. The summed E-state index contributed by atoms with van der Waals surface area (Å²) in [6, 6.07) is 8.54. The van der Waals surface area contributed by atoms with E-state index in [9.17, 15) is 17.9 Å². The summed E-state index contributed by atoms with van der Waals surface area (Å²) in [6.07, 6.45) is 0.602. The molecule has 0 saturated heterocycles. The number of aromatic nitrogens is 1. The fraction of sp³-hybridized carbons (Fsp3) is 0.389. The van der Waals surface area contributed by atoms with E-state index in [-0.39, 0.29) is 24.0 Å². The van der Waals surface area contributed by atoms with Crippen LogP contribution in [0, 0.1) is 5.82 Å². The molecule has 1 atom stereocenters.